The monoisotopic (exact) mass is 435 g/mol. The molecule has 1 unspecified atom stereocenters. The normalized spacial score (nSPS) is 14.2. The van der Waals surface area contributed by atoms with Gasteiger partial charge in [0.05, 0.1) is 6.54 Å². The number of nitrogens with one attached hydrogen (secondary N) is 2. The third kappa shape index (κ3) is 5.96. The Hall–Kier alpha value is -1.38. The lowest BCUT2D eigenvalue weighted by Gasteiger charge is -2.20. The number of hydrogen-bond donors (Lipinski definition) is 2. The maximum Gasteiger partial charge on any atom is 0.231 e. The Morgan fingerprint density at radius 3 is 2.70 bits per heavy atom. The van der Waals surface area contributed by atoms with Gasteiger partial charge in [0.25, 0.3) is 0 Å². The van der Waals surface area contributed by atoms with E-state index in [9.17, 15) is 0 Å². The summed E-state index contributed by atoms with van der Waals surface area (Å²) in [6.07, 6.45) is 0. The van der Waals surface area contributed by atoms with E-state index in [0.29, 0.717) is 25.1 Å². The predicted octanol–water partition coefficient (Wildman–Crippen LogP) is 2.62. The topological polar surface area (TPSA) is 64.1 Å². The van der Waals surface area contributed by atoms with Gasteiger partial charge in [-0.2, -0.15) is 0 Å². The molecule has 1 aromatic carbocycles. The summed E-state index contributed by atoms with van der Waals surface area (Å²) in [6.45, 7) is 7.97. The van der Waals surface area contributed by atoms with Crippen LogP contribution in [0.3, 0.4) is 0 Å². The van der Waals surface area contributed by atoms with Gasteiger partial charge in [0, 0.05) is 19.2 Å². The van der Waals surface area contributed by atoms with Crippen molar-refractivity contribution in [2.24, 2.45) is 10.9 Å². The first-order chi connectivity index (χ1) is 10.6. The fourth-order valence-corrected chi connectivity index (χ4v) is 1.88. The molecule has 130 valence electrons. The third-order valence-electron chi connectivity index (χ3n) is 3.60. The molecule has 0 radical (unpaired) electrons. The molecule has 0 fully saturated rings. The fraction of sp³-hybridized carbons (Fsp3) is 0.562. The standard InChI is InChI=1S/C16H25N3O3.HI/c1-11(2)12(3)19-16(17-4)18-7-8-20-13-5-6-14-15(9-13)22-10-21-14;/h5-6,9,11-12H,7-8,10H2,1-4H3,(H2,17,18,19);1H. The van der Waals surface area contributed by atoms with Crippen LogP contribution in [0.25, 0.3) is 0 Å². The number of halogens is 1. The molecule has 23 heavy (non-hydrogen) atoms. The van der Waals surface area contributed by atoms with Gasteiger partial charge in [0.2, 0.25) is 6.79 Å². The zero-order chi connectivity index (χ0) is 15.9. The Kier molecular flexibility index (Phi) is 8.29. The highest BCUT2D eigenvalue weighted by Gasteiger charge is 2.13. The second-order valence-electron chi connectivity index (χ2n) is 5.54. The molecule has 1 heterocycles. The highest BCUT2D eigenvalue weighted by atomic mass is 127. The molecule has 7 heteroatoms. The van der Waals surface area contributed by atoms with Crippen LogP contribution >= 0.6 is 24.0 Å². The molecule has 0 amide bonds. The van der Waals surface area contributed by atoms with Crippen molar-refractivity contribution in [1.82, 2.24) is 10.6 Å². The van der Waals surface area contributed by atoms with E-state index in [4.69, 9.17) is 14.2 Å². The van der Waals surface area contributed by atoms with Gasteiger partial charge in [0.1, 0.15) is 12.4 Å². The van der Waals surface area contributed by atoms with Crippen molar-refractivity contribution in [2.75, 3.05) is 27.0 Å². The van der Waals surface area contributed by atoms with Gasteiger partial charge in [-0.1, -0.05) is 13.8 Å². The summed E-state index contributed by atoms with van der Waals surface area (Å²) in [5.74, 6) is 3.59. The summed E-state index contributed by atoms with van der Waals surface area (Å²) in [5, 5.41) is 6.58. The predicted molar refractivity (Wildman–Crippen MR) is 102 cm³/mol. The lowest BCUT2D eigenvalue weighted by atomic mass is 10.1. The van der Waals surface area contributed by atoms with Gasteiger partial charge in [-0.05, 0) is 25.0 Å². The zero-order valence-corrected chi connectivity index (χ0v) is 16.4. The van der Waals surface area contributed by atoms with Crippen LogP contribution in [0.2, 0.25) is 0 Å². The Morgan fingerprint density at radius 1 is 1.26 bits per heavy atom. The summed E-state index contributed by atoms with van der Waals surface area (Å²) < 4.78 is 16.3. The van der Waals surface area contributed by atoms with E-state index in [1.807, 2.05) is 18.2 Å². The molecule has 0 saturated carbocycles. The molecule has 6 nitrogen and oxygen atoms in total. The molecule has 0 aromatic heterocycles. The average Bonchev–Trinajstić information content (AvgIpc) is 2.97. The smallest absolute Gasteiger partial charge is 0.231 e. The van der Waals surface area contributed by atoms with E-state index in [0.717, 1.165) is 23.2 Å². The molecule has 2 rings (SSSR count). The van der Waals surface area contributed by atoms with Crippen LogP contribution in [0.15, 0.2) is 23.2 Å². The van der Waals surface area contributed by atoms with Crippen molar-refractivity contribution in [1.29, 1.82) is 0 Å². The van der Waals surface area contributed by atoms with Crippen LogP contribution < -0.4 is 24.8 Å². The maximum atomic E-state index is 5.70. The summed E-state index contributed by atoms with van der Waals surface area (Å²) in [7, 11) is 1.76. The number of fused-ring (bicyclic) bond motifs is 1. The number of aliphatic imine (C=N–C) groups is 1. The number of nitrogens with zero attached hydrogens (tertiary/aromatic N) is 1. The molecule has 1 aliphatic heterocycles. The number of rotatable bonds is 6. The molecule has 0 aliphatic carbocycles. The van der Waals surface area contributed by atoms with E-state index >= 15 is 0 Å². The lowest BCUT2D eigenvalue weighted by Crippen LogP contribution is -2.45. The van der Waals surface area contributed by atoms with Crippen molar-refractivity contribution in [3.8, 4) is 17.2 Å². The van der Waals surface area contributed by atoms with Crippen LogP contribution in [0, 0.1) is 5.92 Å². The van der Waals surface area contributed by atoms with Gasteiger partial charge >= 0.3 is 0 Å². The molecular weight excluding hydrogens is 409 g/mol. The van der Waals surface area contributed by atoms with Gasteiger partial charge in [0.15, 0.2) is 17.5 Å². The van der Waals surface area contributed by atoms with Gasteiger partial charge < -0.3 is 24.8 Å². The summed E-state index contributed by atoms with van der Waals surface area (Å²) in [6, 6.07) is 5.94. The molecule has 1 aromatic rings. The van der Waals surface area contributed by atoms with E-state index < -0.39 is 0 Å². The summed E-state index contributed by atoms with van der Waals surface area (Å²) in [4.78, 5) is 4.20. The van der Waals surface area contributed by atoms with Crippen LogP contribution in [0.4, 0.5) is 0 Å². The molecule has 1 aliphatic rings. The number of ether oxygens (including phenoxy) is 3. The maximum absolute atomic E-state index is 5.70. The van der Waals surface area contributed by atoms with Crippen LogP contribution in [0.5, 0.6) is 17.2 Å². The highest BCUT2D eigenvalue weighted by molar-refractivity contribution is 14.0. The first kappa shape index (κ1) is 19.7. The summed E-state index contributed by atoms with van der Waals surface area (Å²) in [5.41, 5.74) is 0. The number of guanidine groups is 1. The molecule has 0 bridgehead atoms. The molecule has 0 spiro atoms. The number of benzene rings is 1. The Morgan fingerprint density at radius 2 is 2.00 bits per heavy atom. The quantitative estimate of drug-likeness (QED) is 0.311. The largest absolute Gasteiger partial charge is 0.492 e. The third-order valence-corrected chi connectivity index (χ3v) is 3.60. The fourth-order valence-electron chi connectivity index (χ4n) is 1.88. The second kappa shape index (κ2) is 9.69. The number of hydrogen-bond acceptors (Lipinski definition) is 4. The van der Waals surface area contributed by atoms with Crippen molar-refractivity contribution in [2.45, 2.75) is 26.8 Å². The highest BCUT2D eigenvalue weighted by Crippen LogP contribution is 2.34. The lowest BCUT2D eigenvalue weighted by molar-refractivity contribution is 0.173. The van der Waals surface area contributed by atoms with Gasteiger partial charge in [-0.15, -0.1) is 24.0 Å². The average molecular weight is 435 g/mol. The van der Waals surface area contributed by atoms with Crippen LogP contribution in [-0.2, 0) is 0 Å². The zero-order valence-electron chi connectivity index (χ0n) is 14.1. The van der Waals surface area contributed by atoms with Crippen molar-refractivity contribution >= 4 is 29.9 Å². The van der Waals surface area contributed by atoms with Crippen molar-refractivity contribution in [3.63, 3.8) is 0 Å². The minimum atomic E-state index is 0. The first-order valence-electron chi connectivity index (χ1n) is 7.59. The Balaban J connectivity index is 0.00000264. The minimum Gasteiger partial charge on any atom is -0.492 e. The molecule has 0 saturated heterocycles. The molecular formula is C16H26IN3O3. The first-order valence-corrected chi connectivity index (χ1v) is 7.59. The van der Waals surface area contributed by atoms with Gasteiger partial charge in [-0.25, -0.2) is 0 Å². The van der Waals surface area contributed by atoms with E-state index in [-0.39, 0.29) is 30.8 Å². The SMILES string of the molecule is CN=C(NCCOc1ccc2c(c1)OCO2)NC(C)C(C)C.I. The summed E-state index contributed by atoms with van der Waals surface area (Å²) >= 11 is 0. The van der Waals surface area contributed by atoms with Crippen molar-refractivity contribution in [3.05, 3.63) is 18.2 Å². The van der Waals surface area contributed by atoms with E-state index in [2.05, 4.69) is 36.4 Å². The molecule has 1 atom stereocenters. The van der Waals surface area contributed by atoms with Crippen LogP contribution in [0.1, 0.15) is 20.8 Å². The Labute approximate surface area is 155 Å². The molecule has 2 N–H and O–H groups in total. The van der Waals surface area contributed by atoms with Crippen LogP contribution in [-0.4, -0.2) is 39.0 Å². The Bertz CT molecular complexity index is 523. The van der Waals surface area contributed by atoms with Crippen molar-refractivity contribution < 1.29 is 14.2 Å². The van der Waals surface area contributed by atoms with E-state index in [1.165, 1.54) is 0 Å². The van der Waals surface area contributed by atoms with Gasteiger partial charge in [-0.3, -0.25) is 4.99 Å². The minimum absolute atomic E-state index is 0. The second-order valence-corrected chi connectivity index (χ2v) is 5.54. The van der Waals surface area contributed by atoms with E-state index in [1.54, 1.807) is 7.05 Å².